The maximum Gasteiger partial charge on any atom is 0.408 e. The summed E-state index contributed by atoms with van der Waals surface area (Å²) in [6.45, 7) is 8.27. The highest BCUT2D eigenvalue weighted by atomic mass is 16.6. The molecular weight excluding hydrogens is 542 g/mol. The first kappa shape index (κ1) is 31.5. The van der Waals surface area contributed by atoms with Gasteiger partial charge < -0.3 is 34.5 Å². The van der Waals surface area contributed by atoms with Crippen LogP contribution in [0.15, 0.2) is 42.5 Å². The lowest BCUT2D eigenvalue weighted by Crippen LogP contribution is -2.56. The summed E-state index contributed by atoms with van der Waals surface area (Å²) in [6, 6.07) is 7.79. The van der Waals surface area contributed by atoms with Gasteiger partial charge in [-0.05, 0) is 52.5 Å². The quantitative estimate of drug-likeness (QED) is 0.385. The van der Waals surface area contributed by atoms with Gasteiger partial charge in [-0.1, -0.05) is 42.5 Å². The third kappa shape index (κ3) is 8.10. The highest BCUT2D eigenvalue weighted by molar-refractivity contribution is 5.96. The summed E-state index contributed by atoms with van der Waals surface area (Å²) < 4.78 is 22.6. The van der Waals surface area contributed by atoms with Crippen LogP contribution in [0.1, 0.15) is 58.9 Å². The number of nitrogens with zero attached hydrogens (tertiary/aromatic N) is 1. The lowest BCUT2D eigenvalue weighted by Gasteiger charge is -2.30. The van der Waals surface area contributed by atoms with Gasteiger partial charge in [0.2, 0.25) is 11.8 Å². The van der Waals surface area contributed by atoms with Crippen LogP contribution in [0.4, 0.5) is 4.79 Å². The fourth-order valence-corrected chi connectivity index (χ4v) is 5.38. The molecule has 0 bridgehead atoms. The van der Waals surface area contributed by atoms with Gasteiger partial charge in [0.25, 0.3) is 0 Å². The molecule has 1 saturated heterocycles. The van der Waals surface area contributed by atoms with E-state index in [-0.39, 0.29) is 31.9 Å². The molecule has 3 aliphatic rings. The Morgan fingerprint density at radius 2 is 1.95 bits per heavy atom. The zero-order chi connectivity index (χ0) is 30.3. The van der Waals surface area contributed by atoms with Crippen LogP contribution in [0, 0.1) is 5.92 Å². The molecule has 4 rings (SSSR count). The lowest BCUT2D eigenvalue weighted by molar-refractivity contribution is -0.150. The predicted molar refractivity (Wildman–Crippen MR) is 153 cm³/mol. The first-order valence-electron chi connectivity index (χ1n) is 14.7. The molecule has 2 fully saturated rings. The van der Waals surface area contributed by atoms with E-state index in [0.29, 0.717) is 32.7 Å². The molecule has 230 valence electrons. The predicted octanol–water partition coefficient (Wildman–Crippen LogP) is 2.87. The first-order chi connectivity index (χ1) is 20.0. The number of fused-ring (bicyclic) bond motifs is 2. The number of benzene rings is 1. The van der Waals surface area contributed by atoms with Crippen LogP contribution in [-0.2, 0) is 39.9 Å². The standard InChI is InChI=1S/C31H43N3O8/c1-5-40-28(37)31-18-22(31)13-9-15-39-16-10-14-24(32-29(38)42-30(2,3)4)27(36)34-19-23(17-25(34)26(35)33-31)41-20-21-11-7-6-8-12-21/h6-9,11-13,22-25H,5,10,14-20H2,1-4H3,(H,32,38)(H,33,35)/b13-9-/t22-,23+,24-,25-,31+/m0/s1. The second-order valence-corrected chi connectivity index (χ2v) is 12.0. The van der Waals surface area contributed by atoms with Crippen molar-refractivity contribution in [1.82, 2.24) is 15.5 Å². The van der Waals surface area contributed by atoms with Crippen molar-refractivity contribution in [1.29, 1.82) is 0 Å². The smallest absolute Gasteiger partial charge is 0.408 e. The fraction of sp³-hybridized carbons (Fsp3) is 0.613. The Kier molecular flexibility index (Phi) is 10.3. The Morgan fingerprint density at radius 1 is 1.19 bits per heavy atom. The number of amides is 3. The zero-order valence-electron chi connectivity index (χ0n) is 24.9. The second-order valence-electron chi connectivity index (χ2n) is 12.0. The number of hydrogen-bond donors (Lipinski definition) is 2. The van der Waals surface area contributed by atoms with Crippen molar-refractivity contribution in [3.63, 3.8) is 0 Å². The molecule has 2 aliphatic heterocycles. The molecule has 1 aromatic carbocycles. The van der Waals surface area contributed by atoms with E-state index in [4.69, 9.17) is 18.9 Å². The van der Waals surface area contributed by atoms with Crippen molar-refractivity contribution >= 4 is 23.9 Å². The number of ether oxygens (including phenoxy) is 4. The van der Waals surface area contributed by atoms with E-state index in [9.17, 15) is 19.2 Å². The molecule has 1 aromatic rings. The SMILES string of the molecule is CCOC(=O)[C@@]12C[C@@H]1/C=C\COCCC[C@H](NC(=O)OC(C)(C)C)C(=O)N1C[C@H](OCc3ccccc3)C[C@H]1C(=O)N2. The van der Waals surface area contributed by atoms with Crippen LogP contribution >= 0.6 is 0 Å². The molecule has 3 amide bonds. The van der Waals surface area contributed by atoms with Crippen molar-refractivity contribution in [2.75, 3.05) is 26.4 Å². The Balaban J connectivity index is 1.59. The summed E-state index contributed by atoms with van der Waals surface area (Å²) in [5, 5.41) is 5.64. The largest absolute Gasteiger partial charge is 0.464 e. The van der Waals surface area contributed by atoms with Gasteiger partial charge in [-0.25, -0.2) is 9.59 Å². The maximum absolute atomic E-state index is 14.0. The summed E-state index contributed by atoms with van der Waals surface area (Å²) in [7, 11) is 0. The Hall–Kier alpha value is -3.44. The molecule has 2 heterocycles. The molecule has 2 N–H and O–H groups in total. The van der Waals surface area contributed by atoms with Crippen LogP contribution in [-0.4, -0.2) is 84.5 Å². The summed E-state index contributed by atoms with van der Waals surface area (Å²) in [6.07, 6.45) is 3.97. The lowest BCUT2D eigenvalue weighted by atomic mass is 10.1. The van der Waals surface area contributed by atoms with Crippen molar-refractivity contribution in [3.05, 3.63) is 48.0 Å². The number of carbonyl (C=O) groups excluding carboxylic acids is 4. The van der Waals surface area contributed by atoms with Gasteiger partial charge in [-0.3, -0.25) is 9.59 Å². The molecule has 1 aliphatic carbocycles. The number of carbonyl (C=O) groups is 4. The maximum atomic E-state index is 14.0. The normalized spacial score (nSPS) is 29.2. The van der Waals surface area contributed by atoms with E-state index in [2.05, 4.69) is 10.6 Å². The van der Waals surface area contributed by atoms with Crippen LogP contribution in [0.25, 0.3) is 0 Å². The third-order valence-corrected chi connectivity index (χ3v) is 7.53. The van der Waals surface area contributed by atoms with E-state index in [1.807, 2.05) is 42.5 Å². The van der Waals surface area contributed by atoms with Gasteiger partial charge >= 0.3 is 12.1 Å². The summed E-state index contributed by atoms with van der Waals surface area (Å²) in [5.41, 5.74) is -0.983. The summed E-state index contributed by atoms with van der Waals surface area (Å²) in [5.74, 6) is -1.63. The number of esters is 1. The van der Waals surface area contributed by atoms with Crippen LogP contribution in [0.2, 0.25) is 0 Å². The van der Waals surface area contributed by atoms with Crippen molar-refractivity contribution in [2.24, 2.45) is 5.92 Å². The van der Waals surface area contributed by atoms with Crippen LogP contribution < -0.4 is 10.6 Å². The molecule has 1 saturated carbocycles. The number of alkyl carbamates (subject to hydrolysis) is 1. The van der Waals surface area contributed by atoms with Gasteiger partial charge in [-0.15, -0.1) is 0 Å². The number of nitrogens with one attached hydrogen (secondary N) is 2. The molecule has 0 aromatic heterocycles. The van der Waals surface area contributed by atoms with Gasteiger partial charge in [0.05, 0.1) is 25.9 Å². The van der Waals surface area contributed by atoms with E-state index >= 15 is 0 Å². The van der Waals surface area contributed by atoms with E-state index < -0.39 is 53.2 Å². The van der Waals surface area contributed by atoms with Gasteiger partial charge in [0, 0.05) is 25.5 Å². The molecule has 0 radical (unpaired) electrons. The topological polar surface area (TPSA) is 132 Å². The van der Waals surface area contributed by atoms with E-state index in [0.717, 1.165) is 5.56 Å². The average molecular weight is 586 g/mol. The van der Waals surface area contributed by atoms with Crippen molar-refractivity contribution in [2.45, 2.75) is 89.3 Å². The third-order valence-electron chi connectivity index (χ3n) is 7.53. The minimum Gasteiger partial charge on any atom is -0.464 e. The highest BCUT2D eigenvalue weighted by Gasteiger charge is 2.62. The Labute approximate surface area is 247 Å². The minimum atomic E-state index is -1.20. The van der Waals surface area contributed by atoms with E-state index in [1.54, 1.807) is 27.7 Å². The summed E-state index contributed by atoms with van der Waals surface area (Å²) >= 11 is 0. The van der Waals surface area contributed by atoms with E-state index in [1.165, 1.54) is 4.90 Å². The Bertz CT molecular complexity index is 1150. The molecular formula is C31H43N3O8. The van der Waals surface area contributed by atoms with Gasteiger partial charge in [0.15, 0.2) is 0 Å². The molecule has 11 heteroatoms. The van der Waals surface area contributed by atoms with Crippen LogP contribution in [0.5, 0.6) is 0 Å². The van der Waals surface area contributed by atoms with Crippen molar-refractivity contribution < 1.29 is 38.1 Å². The zero-order valence-corrected chi connectivity index (χ0v) is 24.9. The molecule has 0 spiro atoms. The average Bonchev–Trinajstić information content (AvgIpc) is 3.45. The molecule has 5 atom stereocenters. The molecule has 0 unspecified atom stereocenters. The molecule has 11 nitrogen and oxygen atoms in total. The second kappa shape index (κ2) is 13.7. The monoisotopic (exact) mass is 585 g/mol. The number of hydrogen-bond acceptors (Lipinski definition) is 8. The highest BCUT2D eigenvalue weighted by Crippen LogP contribution is 2.46. The molecule has 42 heavy (non-hydrogen) atoms. The number of rotatable bonds is 6. The minimum absolute atomic E-state index is 0.155. The van der Waals surface area contributed by atoms with Crippen molar-refractivity contribution in [3.8, 4) is 0 Å². The van der Waals surface area contributed by atoms with Crippen LogP contribution in [0.3, 0.4) is 0 Å². The van der Waals surface area contributed by atoms with Gasteiger partial charge in [-0.2, -0.15) is 0 Å². The summed E-state index contributed by atoms with van der Waals surface area (Å²) in [4.78, 5) is 55.0. The fourth-order valence-electron chi connectivity index (χ4n) is 5.38. The first-order valence-corrected chi connectivity index (χ1v) is 14.7. The Morgan fingerprint density at radius 3 is 2.67 bits per heavy atom. The van der Waals surface area contributed by atoms with Gasteiger partial charge in [0.1, 0.15) is 23.2 Å².